The van der Waals surface area contributed by atoms with Gasteiger partial charge in [0.2, 0.25) is 5.91 Å². The summed E-state index contributed by atoms with van der Waals surface area (Å²) in [6, 6.07) is 2.10. The van der Waals surface area contributed by atoms with Gasteiger partial charge in [-0.2, -0.15) is 13.2 Å². The van der Waals surface area contributed by atoms with E-state index in [1.165, 1.54) is 0 Å². The summed E-state index contributed by atoms with van der Waals surface area (Å²) in [5.41, 5.74) is -1.45. The lowest BCUT2D eigenvalue weighted by Gasteiger charge is -2.09. The summed E-state index contributed by atoms with van der Waals surface area (Å²) in [5, 5.41) is 2.13. The SMILES string of the molecule is O=C(CCl)Nc1ccc(C(F)(F)F)c(F)c1. The molecule has 1 N–H and O–H groups in total. The van der Waals surface area contributed by atoms with Gasteiger partial charge in [-0.1, -0.05) is 0 Å². The molecule has 0 aromatic heterocycles. The quantitative estimate of drug-likeness (QED) is 0.639. The third kappa shape index (κ3) is 3.10. The molecule has 0 spiro atoms. The molecular weight excluding hydrogens is 250 g/mol. The van der Waals surface area contributed by atoms with Crippen LogP contribution in [-0.2, 0) is 11.0 Å². The van der Waals surface area contributed by atoms with Crippen molar-refractivity contribution < 1.29 is 22.4 Å². The molecule has 0 bridgehead atoms. The van der Waals surface area contributed by atoms with Crippen LogP contribution in [0.3, 0.4) is 0 Å². The van der Waals surface area contributed by atoms with Gasteiger partial charge in [-0.15, -0.1) is 11.6 Å². The molecule has 0 aliphatic heterocycles. The van der Waals surface area contributed by atoms with E-state index in [1.54, 1.807) is 0 Å². The van der Waals surface area contributed by atoms with Crippen LogP contribution in [0.1, 0.15) is 5.56 Å². The van der Waals surface area contributed by atoms with E-state index < -0.39 is 23.5 Å². The fourth-order valence-electron chi connectivity index (χ4n) is 1.02. The summed E-state index contributed by atoms with van der Waals surface area (Å²) in [7, 11) is 0. The molecule has 1 amide bonds. The fourth-order valence-corrected chi connectivity index (χ4v) is 1.08. The second-order valence-electron chi connectivity index (χ2n) is 2.87. The van der Waals surface area contributed by atoms with Crippen LogP contribution >= 0.6 is 11.6 Å². The van der Waals surface area contributed by atoms with Crippen LogP contribution < -0.4 is 5.32 Å². The lowest BCUT2D eigenvalue weighted by atomic mass is 10.2. The van der Waals surface area contributed by atoms with Gasteiger partial charge in [-0.25, -0.2) is 4.39 Å². The molecule has 0 fully saturated rings. The first kappa shape index (κ1) is 12.8. The molecule has 0 heterocycles. The largest absolute Gasteiger partial charge is 0.419 e. The molecule has 0 aliphatic rings. The highest BCUT2D eigenvalue weighted by atomic mass is 35.5. The zero-order valence-corrected chi connectivity index (χ0v) is 8.49. The Morgan fingerprint density at radius 2 is 2.00 bits per heavy atom. The fraction of sp³-hybridized carbons (Fsp3) is 0.222. The summed E-state index contributed by atoms with van der Waals surface area (Å²) in [6.07, 6.45) is -4.75. The number of benzene rings is 1. The van der Waals surface area contributed by atoms with Gasteiger partial charge in [0.15, 0.2) is 0 Å². The minimum Gasteiger partial charge on any atom is -0.325 e. The highest BCUT2D eigenvalue weighted by molar-refractivity contribution is 6.29. The van der Waals surface area contributed by atoms with E-state index in [-0.39, 0.29) is 11.6 Å². The minimum atomic E-state index is -4.75. The third-order valence-electron chi connectivity index (χ3n) is 1.68. The Labute approximate surface area is 93.2 Å². The van der Waals surface area contributed by atoms with Gasteiger partial charge in [0, 0.05) is 5.69 Å². The number of halogens is 5. The molecule has 0 aliphatic carbocycles. The molecule has 0 unspecified atom stereocenters. The van der Waals surface area contributed by atoms with Crippen LogP contribution in [0.2, 0.25) is 0 Å². The molecule has 0 atom stereocenters. The number of amides is 1. The molecule has 0 saturated carbocycles. The van der Waals surface area contributed by atoms with Crippen molar-refractivity contribution in [2.75, 3.05) is 11.2 Å². The topological polar surface area (TPSA) is 29.1 Å². The highest BCUT2D eigenvalue weighted by Crippen LogP contribution is 2.32. The summed E-state index contributed by atoms with van der Waals surface area (Å²) in [4.78, 5) is 10.8. The van der Waals surface area contributed by atoms with Crippen molar-refractivity contribution in [2.24, 2.45) is 0 Å². The van der Waals surface area contributed by atoms with Crippen LogP contribution in [0.4, 0.5) is 23.2 Å². The number of nitrogens with one attached hydrogen (secondary N) is 1. The summed E-state index contributed by atoms with van der Waals surface area (Å²) in [6.45, 7) is 0. The van der Waals surface area contributed by atoms with E-state index in [2.05, 4.69) is 5.32 Å². The average Bonchev–Trinajstić information content (AvgIpc) is 2.15. The predicted octanol–water partition coefficient (Wildman–Crippen LogP) is 3.02. The number of hydrogen-bond acceptors (Lipinski definition) is 1. The first-order chi connectivity index (χ1) is 7.34. The first-order valence-electron chi connectivity index (χ1n) is 4.07. The van der Waals surface area contributed by atoms with Crippen molar-refractivity contribution in [2.45, 2.75) is 6.18 Å². The van der Waals surface area contributed by atoms with E-state index in [4.69, 9.17) is 11.6 Å². The van der Waals surface area contributed by atoms with Crippen molar-refractivity contribution in [3.8, 4) is 0 Å². The molecule has 16 heavy (non-hydrogen) atoms. The van der Waals surface area contributed by atoms with Gasteiger partial charge in [0.1, 0.15) is 11.7 Å². The Morgan fingerprint density at radius 1 is 1.38 bits per heavy atom. The van der Waals surface area contributed by atoms with E-state index in [1.807, 2.05) is 0 Å². The minimum absolute atomic E-state index is 0.0730. The van der Waals surface area contributed by atoms with Gasteiger partial charge in [-0.05, 0) is 18.2 Å². The second kappa shape index (κ2) is 4.69. The Kier molecular flexibility index (Phi) is 3.74. The van der Waals surface area contributed by atoms with Gasteiger partial charge >= 0.3 is 6.18 Å². The molecule has 1 aromatic carbocycles. The van der Waals surface area contributed by atoms with E-state index in [0.717, 1.165) is 6.07 Å². The molecule has 2 nitrogen and oxygen atoms in total. The third-order valence-corrected chi connectivity index (χ3v) is 1.92. The molecular formula is C9H6ClF4NO. The number of anilines is 1. The zero-order chi connectivity index (χ0) is 12.3. The van der Waals surface area contributed by atoms with Crippen LogP contribution in [0, 0.1) is 5.82 Å². The summed E-state index contributed by atoms with van der Waals surface area (Å²) >= 11 is 5.16. The van der Waals surface area contributed by atoms with Gasteiger partial charge in [-0.3, -0.25) is 4.79 Å². The Morgan fingerprint density at radius 3 is 2.44 bits per heavy atom. The van der Waals surface area contributed by atoms with Gasteiger partial charge in [0.25, 0.3) is 0 Å². The summed E-state index contributed by atoms with van der Waals surface area (Å²) < 4.78 is 49.5. The monoisotopic (exact) mass is 255 g/mol. The standard InChI is InChI=1S/C9H6ClF4NO/c10-4-8(16)15-5-1-2-6(7(11)3-5)9(12,13)14/h1-3H,4H2,(H,15,16). The smallest absolute Gasteiger partial charge is 0.325 e. The number of carbonyl (C=O) groups is 1. The Balaban J connectivity index is 2.96. The van der Waals surface area contributed by atoms with Crippen LogP contribution in [-0.4, -0.2) is 11.8 Å². The maximum atomic E-state index is 13.0. The molecule has 88 valence electrons. The number of carbonyl (C=O) groups excluding carboxylic acids is 1. The maximum Gasteiger partial charge on any atom is 0.419 e. The van der Waals surface area contributed by atoms with Crippen molar-refractivity contribution in [3.63, 3.8) is 0 Å². The molecule has 1 rings (SSSR count). The number of alkyl halides is 4. The molecule has 0 radical (unpaired) electrons. The van der Waals surface area contributed by atoms with E-state index in [9.17, 15) is 22.4 Å². The van der Waals surface area contributed by atoms with E-state index >= 15 is 0 Å². The maximum absolute atomic E-state index is 13.0. The normalized spacial score (nSPS) is 11.3. The average molecular weight is 256 g/mol. The van der Waals surface area contributed by atoms with Gasteiger partial charge in [0.05, 0.1) is 5.56 Å². The van der Waals surface area contributed by atoms with Crippen LogP contribution in [0.15, 0.2) is 18.2 Å². The molecule has 0 saturated heterocycles. The first-order valence-corrected chi connectivity index (χ1v) is 4.60. The Bertz CT molecular complexity index is 405. The Hall–Kier alpha value is -1.30. The van der Waals surface area contributed by atoms with Crippen molar-refractivity contribution in [3.05, 3.63) is 29.6 Å². The molecule has 7 heteroatoms. The highest BCUT2D eigenvalue weighted by Gasteiger charge is 2.33. The predicted molar refractivity (Wildman–Crippen MR) is 50.8 cm³/mol. The van der Waals surface area contributed by atoms with E-state index in [0.29, 0.717) is 12.1 Å². The lowest BCUT2D eigenvalue weighted by molar-refractivity contribution is -0.139. The lowest BCUT2D eigenvalue weighted by Crippen LogP contribution is -2.14. The molecule has 1 aromatic rings. The van der Waals surface area contributed by atoms with Gasteiger partial charge < -0.3 is 5.32 Å². The van der Waals surface area contributed by atoms with Crippen molar-refractivity contribution in [1.82, 2.24) is 0 Å². The van der Waals surface area contributed by atoms with Crippen LogP contribution in [0.25, 0.3) is 0 Å². The van der Waals surface area contributed by atoms with Crippen LogP contribution in [0.5, 0.6) is 0 Å². The van der Waals surface area contributed by atoms with Crippen molar-refractivity contribution in [1.29, 1.82) is 0 Å². The second-order valence-corrected chi connectivity index (χ2v) is 3.14. The van der Waals surface area contributed by atoms with Crippen molar-refractivity contribution >= 4 is 23.2 Å². The summed E-state index contributed by atoms with van der Waals surface area (Å²) in [5.74, 6) is -2.43. The zero-order valence-electron chi connectivity index (χ0n) is 7.74. The number of rotatable bonds is 2. The number of hydrogen-bond donors (Lipinski definition) is 1.